The minimum absolute atomic E-state index is 0.215. The molecule has 1 N–H and O–H groups in total. The van der Waals surface area contributed by atoms with Gasteiger partial charge in [-0.1, -0.05) is 106 Å². The smallest absolute Gasteiger partial charge is 0.450 e. The number of ether oxygens (including phenoxy) is 1. The molecule has 0 aliphatic heterocycles. The van der Waals surface area contributed by atoms with E-state index in [2.05, 4.69) is 59.5 Å². The highest BCUT2D eigenvalue weighted by atomic mass is 28.4. The number of hydrogen-bond donors (Lipinski definition) is 1. The third kappa shape index (κ3) is 16.0. The summed E-state index contributed by atoms with van der Waals surface area (Å²) in [7, 11) is -1.77. The van der Waals surface area contributed by atoms with Gasteiger partial charge in [-0.15, -0.1) is 0 Å². The Morgan fingerprint density at radius 3 is 1.77 bits per heavy atom. The molecule has 2 unspecified atom stereocenters. The Hall–Kier alpha value is -0.593. The monoisotopic (exact) mass is 515 g/mol. The highest BCUT2D eigenvalue weighted by molar-refractivity contribution is 6.74. The molecule has 0 saturated heterocycles. The van der Waals surface area contributed by atoms with E-state index >= 15 is 0 Å². The second-order valence-electron chi connectivity index (χ2n) is 11.8. The first-order valence-electron chi connectivity index (χ1n) is 14.7. The minimum Gasteiger partial charge on any atom is -0.450 e. The van der Waals surface area contributed by atoms with Gasteiger partial charge in [0.25, 0.3) is 0 Å². The van der Waals surface area contributed by atoms with Crippen LogP contribution in [0.2, 0.25) is 18.1 Å². The van der Waals surface area contributed by atoms with Crippen LogP contribution in [0, 0.1) is 5.92 Å². The van der Waals surface area contributed by atoms with Crippen LogP contribution in [-0.2, 0) is 9.16 Å². The Kier molecular flexibility index (Phi) is 19.2. The molecular weight excluding hydrogens is 454 g/mol. The van der Waals surface area contributed by atoms with E-state index in [1.54, 1.807) is 0 Å². The first-order valence-corrected chi connectivity index (χ1v) is 17.6. The average Bonchev–Trinajstić information content (AvgIpc) is 2.78. The van der Waals surface area contributed by atoms with Gasteiger partial charge in [0.05, 0.1) is 6.61 Å². The van der Waals surface area contributed by atoms with Crippen molar-refractivity contribution in [3.63, 3.8) is 0 Å². The Bertz CT molecular complexity index is 517. The molecule has 0 amide bonds. The first kappa shape index (κ1) is 34.4. The Morgan fingerprint density at radius 1 is 0.800 bits per heavy atom. The van der Waals surface area contributed by atoms with Gasteiger partial charge < -0.3 is 19.2 Å². The predicted molar refractivity (Wildman–Crippen MR) is 153 cm³/mol. The van der Waals surface area contributed by atoms with Crippen molar-refractivity contribution in [3.05, 3.63) is 0 Å². The molecule has 0 rings (SSSR count). The van der Waals surface area contributed by atoms with Crippen molar-refractivity contribution in [2.75, 3.05) is 26.3 Å². The number of nitrogens with zero attached hydrogens (tertiary/aromatic N) is 1. The standard InChI is InChI=1S/C29H61NO4Si/c1-9-12-13-14-15-16-17-18-19-20-21-26(22-25-34-35(7,8)29(4,5)6)27(30(10-2)11-3)23-24-33-28(31)32/h26-27H,9-25H2,1-8H3,(H,31,32). The molecule has 5 nitrogen and oxygen atoms in total. The largest absolute Gasteiger partial charge is 0.505 e. The number of unbranched alkanes of at least 4 members (excludes halogenated alkanes) is 9. The third-order valence-corrected chi connectivity index (χ3v) is 12.7. The summed E-state index contributed by atoms with van der Waals surface area (Å²) in [5.41, 5.74) is 0. The topological polar surface area (TPSA) is 59.0 Å². The Balaban J connectivity index is 4.93. The summed E-state index contributed by atoms with van der Waals surface area (Å²) in [4.78, 5) is 13.5. The fraction of sp³-hybridized carbons (Fsp3) is 0.966. The maximum absolute atomic E-state index is 11.0. The normalized spacial score (nSPS) is 14.3. The summed E-state index contributed by atoms with van der Waals surface area (Å²) >= 11 is 0. The van der Waals surface area contributed by atoms with Gasteiger partial charge in [-0.2, -0.15) is 0 Å². The molecule has 0 aromatic heterocycles. The fourth-order valence-corrected chi connectivity index (χ4v) is 5.84. The van der Waals surface area contributed by atoms with Crippen LogP contribution in [-0.4, -0.2) is 56.8 Å². The molecule has 0 aromatic rings. The van der Waals surface area contributed by atoms with Crippen molar-refractivity contribution in [1.82, 2.24) is 4.90 Å². The van der Waals surface area contributed by atoms with E-state index in [1.807, 2.05) is 0 Å². The van der Waals surface area contributed by atoms with Gasteiger partial charge >= 0.3 is 6.16 Å². The van der Waals surface area contributed by atoms with Gasteiger partial charge in [-0.3, -0.25) is 0 Å². The van der Waals surface area contributed by atoms with E-state index < -0.39 is 14.5 Å². The zero-order valence-corrected chi connectivity index (χ0v) is 25.8. The van der Waals surface area contributed by atoms with Crippen molar-refractivity contribution in [1.29, 1.82) is 0 Å². The van der Waals surface area contributed by atoms with Crippen LogP contribution >= 0.6 is 0 Å². The molecule has 0 spiro atoms. The molecule has 6 heteroatoms. The lowest BCUT2D eigenvalue weighted by atomic mass is 9.87. The summed E-state index contributed by atoms with van der Waals surface area (Å²) in [6.45, 7) is 21.3. The summed E-state index contributed by atoms with van der Waals surface area (Å²) in [6.07, 6.45) is 15.3. The van der Waals surface area contributed by atoms with Crippen molar-refractivity contribution in [2.45, 2.75) is 149 Å². The quantitative estimate of drug-likeness (QED) is 0.0884. The SMILES string of the molecule is CCCCCCCCCCCCC(CCO[Si](C)(C)C(C)(C)C)C(CCOC(=O)O)N(CC)CC. The zero-order valence-electron chi connectivity index (χ0n) is 24.8. The molecule has 0 saturated carbocycles. The number of rotatable bonds is 22. The van der Waals surface area contributed by atoms with E-state index in [4.69, 9.17) is 14.3 Å². The summed E-state index contributed by atoms with van der Waals surface area (Å²) in [6, 6.07) is 0.339. The highest BCUT2D eigenvalue weighted by Gasteiger charge is 2.37. The van der Waals surface area contributed by atoms with Gasteiger partial charge in [-0.05, 0) is 56.4 Å². The lowest BCUT2D eigenvalue weighted by Crippen LogP contribution is -2.44. The van der Waals surface area contributed by atoms with Crippen molar-refractivity contribution < 1.29 is 19.1 Å². The van der Waals surface area contributed by atoms with Crippen molar-refractivity contribution in [3.8, 4) is 0 Å². The second kappa shape index (κ2) is 19.5. The van der Waals surface area contributed by atoms with Gasteiger partial charge in [-0.25, -0.2) is 4.79 Å². The lowest BCUT2D eigenvalue weighted by Gasteiger charge is -2.39. The van der Waals surface area contributed by atoms with Gasteiger partial charge in [0.2, 0.25) is 0 Å². The van der Waals surface area contributed by atoms with Gasteiger partial charge in [0.15, 0.2) is 8.32 Å². The predicted octanol–water partition coefficient (Wildman–Crippen LogP) is 9.12. The molecule has 0 aliphatic carbocycles. The van der Waals surface area contributed by atoms with E-state index in [0.29, 0.717) is 12.0 Å². The van der Waals surface area contributed by atoms with Gasteiger partial charge in [0, 0.05) is 12.6 Å². The van der Waals surface area contributed by atoms with Crippen LogP contribution < -0.4 is 0 Å². The Labute approximate surface area is 219 Å². The van der Waals surface area contributed by atoms with Crippen LogP contribution in [0.4, 0.5) is 4.79 Å². The van der Waals surface area contributed by atoms with E-state index in [0.717, 1.165) is 32.5 Å². The zero-order chi connectivity index (χ0) is 26.7. The van der Waals surface area contributed by atoms with E-state index in [-0.39, 0.29) is 11.6 Å². The van der Waals surface area contributed by atoms with E-state index in [9.17, 15) is 4.79 Å². The summed E-state index contributed by atoms with van der Waals surface area (Å²) in [5.74, 6) is 0.506. The average molecular weight is 516 g/mol. The molecule has 0 radical (unpaired) electrons. The van der Waals surface area contributed by atoms with Crippen LogP contribution in [0.1, 0.15) is 125 Å². The van der Waals surface area contributed by atoms with Crippen LogP contribution in [0.15, 0.2) is 0 Å². The molecule has 35 heavy (non-hydrogen) atoms. The molecule has 210 valence electrons. The molecule has 0 aromatic carbocycles. The number of carboxylic acid groups (broad SMARTS) is 1. The molecule has 0 fully saturated rings. The second-order valence-corrected chi connectivity index (χ2v) is 16.6. The van der Waals surface area contributed by atoms with Crippen LogP contribution in [0.25, 0.3) is 0 Å². The maximum Gasteiger partial charge on any atom is 0.505 e. The maximum atomic E-state index is 11.0. The summed E-state index contributed by atoms with van der Waals surface area (Å²) in [5, 5.41) is 9.19. The van der Waals surface area contributed by atoms with Crippen LogP contribution in [0.3, 0.4) is 0 Å². The third-order valence-electron chi connectivity index (χ3n) is 8.15. The lowest BCUT2D eigenvalue weighted by molar-refractivity contribution is 0.0630. The fourth-order valence-electron chi connectivity index (χ4n) is 4.78. The molecular formula is C29H61NO4Si. The molecule has 0 bridgehead atoms. The molecule has 2 atom stereocenters. The minimum atomic E-state index is -1.77. The summed E-state index contributed by atoms with van der Waals surface area (Å²) < 4.78 is 11.5. The Morgan fingerprint density at radius 2 is 1.31 bits per heavy atom. The number of carbonyl (C=O) groups is 1. The number of hydrogen-bond acceptors (Lipinski definition) is 4. The molecule has 0 aliphatic rings. The van der Waals surface area contributed by atoms with Crippen molar-refractivity contribution in [2.24, 2.45) is 5.92 Å². The first-order chi connectivity index (χ1) is 16.5. The van der Waals surface area contributed by atoms with E-state index in [1.165, 1.54) is 70.6 Å². The van der Waals surface area contributed by atoms with Crippen molar-refractivity contribution >= 4 is 14.5 Å². The highest BCUT2D eigenvalue weighted by Crippen LogP contribution is 2.37. The van der Waals surface area contributed by atoms with Gasteiger partial charge in [0.1, 0.15) is 0 Å². The molecule has 0 heterocycles. The van der Waals surface area contributed by atoms with Crippen LogP contribution in [0.5, 0.6) is 0 Å².